The third kappa shape index (κ3) is 1.69. The summed E-state index contributed by atoms with van der Waals surface area (Å²) >= 11 is 0. The van der Waals surface area contributed by atoms with Crippen LogP contribution < -0.4 is 18.9 Å². The molecular weight excluding hydrogens is 189 g/mol. The van der Waals surface area contributed by atoms with Gasteiger partial charge in [-0.05, 0) is 33.7 Å². The molecule has 3 aromatic carbocycles. The summed E-state index contributed by atoms with van der Waals surface area (Å²) in [6.45, 7) is 0. The molecule has 0 spiro atoms. The average Bonchev–Trinajstić information content (AvgIpc) is 2.27. The predicted molar refractivity (Wildman–Crippen MR) is 65.4 cm³/mol. The molecule has 3 rings (SSSR count). The molecule has 0 radical (unpaired) electrons. The fourth-order valence-corrected chi connectivity index (χ4v) is 1.97. The number of nitrogens with one attached hydrogen (secondary N) is 1. The molecule has 0 bridgehead atoms. The van der Waals surface area contributed by atoms with Gasteiger partial charge < -0.3 is 5.73 Å². The summed E-state index contributed by atoms with van der Waals surface area (Å²) < 4.78 is 0. The molecule has 0 saturated carbocycles. The molecule has 0 aliphatic carbocycles. The summed E-state index contributed by atoms with van der Waals surface area (Å²) in [6.07, 6.45) is 0. The molecule has 72 valence electrons. The quantitative estimate of drug-likeness (QED) is 0.388. The van der Waals surface area contributed by atoms with Crippen LogP contribution in [-0.4, -0.2) is 0 Å². The molecule has 0 saturated heterocycles. The zero-order valence-electron chi connectivity index (χ0n) is 9.20. The van der Waals surface area contributed by atoms with Crippen LogP contribution in [0.2, 0.25) is 0 Å². The van der Waals surface area contributed by atoms with E-state index in [9.17, 15) is 0 Å². The monoisotopic (exact) mass is 199 g/mol. The first kappa shape index (κ1) is 11.1. The van der Waals surface area contributed by atoms with E-state index in [4.69, 9.17) is 5.73 Å². The van der Waals surface area contributed by atoms with Crippen LogP contribution in [-0.2, 0) is 0 Å². The second-order valence-corrected chi connectivity index (χ2v) is 3.73. The van der Waals surface area contributed by atoms with Crippen LogP contribution in [0.1, 0.15) is 0 Å². The Kier molecular flexibility index (Phi) is 2.92. The van der Waals surface area contributed by atoms with Crippen molar-refractivity contribution in [2.24, 2.45) is 0 Å². The standard InChI is InChI=1S/C14H10N.Li/c15-14-7-3-6-12-8-10-4-1-2-5-11(10)9-13(12)14;/h1-9,15H;/q-1;+1. The van der Waals surface area contributed by atoms with Gasteiger partial charge in [-0.15, -0.1) is 5.69 Å². The van der Waals surface area contributed by atoms with Gasteiger partial charge in [0, 0.05) is 0 Å². The van der Waals surface area contributed by atoms with Crippen molar-refractivity contribution in [3.8, 4) is 0 Å². The van der Waals surface area contributed by atoms with Crippen LogP contribution in [0.4, 0.5) is 5.69 Å². The molecule has 2 heteroatoms. The smallest absolute Gasteiger partial charge is 0.698 e. The molecule has 0 fully saturated rings. The molecule has 0 amide bonds. The van der Waals surface area contributed by atoms with Crippen molar-refractivity contribution in [1.29, 1.82) is 0 Å². The SMILES string of the molecule is [Li+].[NH-]c1cccc2cc3ccccc3cc12. The molecule has 16 heavy (non-hydrogen) atoms. The minimum absolute atomic E-state index is 0. The first-order valence-corrected chi connectivity index (χ1v) is 4.98. The average molecular weight is 199 g/mol. The Morgan fingerprint density at radius 3 is 2.06 bits per heavy atom. The molecule has 0 unspecified atom stereocenters. The van der Waals surface area contributed by atoms with Gasteiger partial charge in [0.25, 0.3) is 0 Å². The summed E-state index contributed by atoms with van der Waals surface area (Å²) in [6, 6.07) is 18.3. The Labute approximate surface area is 106 Å². The second kappa shape index (κ2) is 4.21. The van der Waals surface area contributed by atoms with Gasteiger partial charge in [0.2, 0.25) is 0 Å². The van der Waals surface area contributed by atoms with E-state index in [2.05, 4.69) is 30.3 Å². The molecule has 0 aliphatic rings. The Morgan fingerprint density at radius 2 is 1.31 bits per heavy atom. The maximum absolute atomic E-state index is 7.84. The van der Waals surface area contributed by atoms with Crippen LogP contribution in [0.15, 0.2) is 54.6 Å². The number of fused-ring (bicyclic) bond motifs is 2. The van der Waals surface area contributed by atoms with E-state index in [1.165, 1.54) is 10.8 Å². The van der Waals surface area contributed by atoms with Crippen molar-refractivity contribution < 1.29 is 18.9 Å². The van der Waals surface area contributed by atoms with Crippen molar-refractivity contribution in [1.82, 2.24) is 0 Å². The normalized spacial score (nSPS) is 10.2. The summed E-state index contributed by atoms with van der Waals surface area (Å²) in [5, 5.41) is 4.60. The fourth-order valence-electron chi connectivity index (χ4n) is 1.97. The van der Waals surface area contributed by atoms with Gasteiger partial charge in [0.15, 0.2) is 0 Å². The van der Waals surface area contributed by atoms with E-state index < -0.39 is 0 Å². The van der Waals surface area contributed by atoms with Gasteiger partial charge >= 0.3 is 18.9 Å². The first-order chi connectivity index (χ1) is 7.34. The minimum Gasteiger partial charge on any atom is -0.698 e. The summed E-state index contributed by atoms with van der Waals surface area (Å²) in [4.78, 5) is 0. The van der Waals surface area contributed by atoms with Crippen molar-refractivity contribution >= 4 is 27.2 Å². The maximum Gasteiger partial charge on any atom is 1.00 e. The zero-order chi connectivity index (χ0) is 10.3. The van der Waals surface area contributed by atoms with Crippen molar-refractivity contribution in [2.45, 2.75) is 0 Å². The molecule has 0 heterocycles. The molecule has 1 N–H and O–H groups in total. The van der Waals surface area contributed by atoms with E-state index in [0.29, 0.717) is 5.69 Å². The first-order valence-electron chi connectivity index (χ1n) is 4.98. The third-order valence-electron chi connectivity index (χ3n) is 2.75. The van der Waals surface area contributed by atoms with Crippen molar-refractivity contribution in [2.75, 3.05) is 0 Å². The van der Waals surface area contributed by atoms with Crippen LogP contribution >= 0.6 is 0 Å². The summed E-state index contributed by atoms with van der Waals surface area (Å²) in [5.41, 5.74) is 8.43. The Morgan fingerprint density at radius 1 is 0.688 bits per heavy atom. The Balaban J connectivity index is 0.000000963. The van der Waals surface area contributed by atoms with Crippen LogP contribution in [0.3, 0.4) is 0 Å². The van der Waals surface area contributed by atoms with E-state index in [0.717, 1.165) is 10.8 Å². The molecule has 0 aliphatic heterocycles. The molecular formula is C14H10LiN. The second-order valence-electron chi connectivity index (χ2n) is 3.73. The maximum atomic E-state index is 7.84. The minimum atomic E-state index is 0. The largest absolute Gasteiger partial charge is 1.00 e. The van der Waals surface area contributed by atoms with Gasteiger partial charge in [-0.2, -0.15) is 0 Å². The molecule has 0 aromatic heterocycles. The van der Waals surface area contributed by atoms with E-state index >= 15 is 0 Å². The van der Waals surface area contributed by atoms with Gasteiger partial charge in [-0.3, -0.25) is 0 Å². The fraction of sp³-hybridized carbons (Fsp3) is 0. The summed E-state index contributed by atoms with van der Waals surface area (Å²) in [5.74, 6) is 0. The van der Waals surface area contributed by atoms with E-state index in [1.54, 1.807) is 0 Å². The zero-order valence-corrected chi connectivity index (χ0v) is 9.20. The van der Waals surface area contributed by atoms with Gasteiger partial charge in [0.05, 0.1) is 0 Å². The topological polar surface area (TPSA) is 23.8 Å². The van der Waals surface area contributed by atoms with Gasteiger partial charge in [-0.25, -0.2) is 0 Å². The van der Waals surface area contributed by atoms with E-state index in [-0.39, 0.29) is 18.9 Å². The Hall–Kier alpha value is -1.42. The predicted octanol–water partition coefficient (Wildman–Crippen LogP) is 1.68. The Bertz CT molecular complexity index is 646. The summed E-state index contributed by atoms with van der Waals surface area (Å²) in [7, 11) is 0. The molecule has 1 nitrogen and oxygen atoms in total. The number of hydrogen-bond acceptors (Lipinski definition) is 0. The molecule has 3 aromatic rings. The third-order valence-corrected chi connectivity index (χ3v) is 2.75. The van der Waals surface area contributed by atoms with Crippen LogP contribution in [0, 0.1) is 0 Å². The number of hydrogen-bond donors (Lipinski definition) is 0. The molecule has 0 atom stereocenters. The van der Waals surface area contributed by atoms with Crippen LogP contribution in [0.5, 0.6) is 0 Å². The number of rotatable bonds is 0. The van der Waals surface area contributed by atoms with Gasteiger partial charge in [-0.1, -0.05) is 42.5 Å². The van der Waals surface area contributed by atoms with Crippen LogP contribution in [0.25, 0.3) is 27.3 Å². The van der Waals surface area contributed by atoms with E-state index in [1.807, 2.05) is 24.3 Å². The van der Waals surface area contributed by atoms with Crippen molar-refractivity contribution in [3.05, 3.63) is 60.3 Å². The van der Waals surface area contributed by atoms with Crippen molar-refractivity contribution in [3.63, 3.8) is 0 Å². The number of benzene rings is 3. The van der Waals surface area contributed by atoms with Gasteiger partial charge in [0.1, 0.15) is 0 Å².